The highest BCUT2D eigenvalue weighted by molar-refractivity contribution is 9.10. The van der Waals surface area contributed by atoms with Crippen molar-refractivity contribution in [3.05, 3.63) is 93.4 Å². The van der Waals surface area contributed by atoms with E-state index in [-0.39, 0.29) is 0 Å². The van der Waals surface area contributed by atoms with E-state index in [9.17, 15) is 14.9 Å². The molecule has 0 saturated heterocycles. The number of anilines is 1. The van der Waals surface area contributed by atoms with Crippen LogP contribution in [-0.2, 0) is 5.41 Å². The number of methoxy groups -OCH3 is 1. The van der Waals surface area contributed by atoms with Gasteiger partial charge in [-0.3, -0.25) is 9.55 Å². The first-order valence-corrected chi connectivity index (χ1v) is 12.2. The zero-order chi connectivity index (χ0) is 26.3. The number of halogens is 1. The second-order valence-corrected chi connectivity index (χ2v) is 9.96. The highest BCUT2D eigenvalue weighted by atomic mass is 79.9. The summed E-state index contributed by atoms with van der Waals surface area (Å²) in [7, 11) is 1.56. The number of amides is 1. The Labute approximate surface area is 220 Å². The molecule has 0 saturated carbocycles. The molecular formula is C28H22BrN5O3. The highest BCUT2D eigenvalue weighted by Gasteiger charge is 2.24. The van der Waals surface area contributed by atoms with Gasteiger partial charge in [-0.2, -0.15) is 5.26 Å². The van der Waals surface area contributed by atoms with Crippen molar-refractivity contribution in [2.45, 2.75) is 19.3 Å². The van der Waals surface area contributed by atoms with Crippen LogP contribution in [0.3, 0.4) is 0 Å². The number of fused-ring (bicyclic) bond motifs is 3. The number of carbonyl (C=O) groups excluding carboxylic acids is 1. The van der Waals surface area contributed by atoms with Crippen LogP contribution in [0, 0.1) is 11.3 Å². The van der Waals surface area contributed by atoms with E-state index in [1.807, 2.05) is 44.2 Å². The van der Waals surface area contributed by atoms with Crippen LogP contribution in [0.15, 0.2) is 82.2 Å². The lowest BCUT2D eigenvalue weighted by Crippen LogP contribution is -2.32. The molecule has 0 bridgehead atoms. The maximum atomic E-state index is 13.8. The summed E-state index contributed by atoms with van der Waals surface area (Å²) >= 11 is 3.51. The topological polar surface area (TPSA) is 102 Å². The number of nitrogens with zero attached hydrogens (tertiary/aromatic N) is 4. The first-order valence-electron chi connectivity index (χ1n) is 11.4. The molecule has 1 N–H and O–H groups in total. The number of nitrogens with one attached hydrogen (secondary N) is 1. The molecule has 8 nitrogen and oxygen atoms in total. The molecule has 2 aromatic heterocycles. The fourth-order valence-electron chi connectivity index (χ4n) is 4.22. The molecule has 5 aromatic rings. The van der Waals surface area contributed by atoms with Gasteiger partial charge in [-0.25, -0.2) is 14.2 Å². The summed E-state index contributed by atoms with van der Waals surface area (Å²) in [4.78, 5) is 31.8. The molecule has 0 radical (unpaired) electrons. The molecule has 37 heavy (non-hydrogen) atoms. The van der Waals surface area contributed by atoms with Gasteiger partial charge in [0.1, 0.15) is 5.75 Å². The van der Waals surface area contributed by atoms with Crippen LogP contribution in [0.25, 0.3) is 27.6 Å². The minimum absolute atomic E-state index is 0.364. The number of rotatable bonds is 4. The van der Waals surface area contributed by atoms with E-state index >= 15 is 0 Å². The lowest BCUT2D eigenvalue weighted by molar-refractivity contribution is 0.253. The molecule has 0 atom stereocenters. The smallest absolute Gasteiger partial charge is 0.342 e. The van der Waals surface area contributed by atoms with Crippen molar-refractivity contribution >= 4 is 49.6 Å². The van der Waals surface area contributed by atoms with Gasteiger partial charge < -0.3 is 10.1 Å². The summed E-state index contributed by atoms with van der Waals surface area (Å²) in [5.74, 6) is 0.649. The van der Waals surface area contributed by atoms with Crippen molar-refractivity contribution in [3.63, 3.8) is 0 Å². The van der Waals surface area contributed by atoms with E-state index in [2.05, 4.69) is 32.3 Å². The SMILES string of the molecule is COc1ccc(NC(=O)n2c(=O)n(-c3ccc(C(C)(C)C#N)cc3)c3c4cc(Br)ccc4ncc32)cc1. The van der Waals surface area contributed by atoms with Crippen LogP contribution >= 0.6 is 15.9 Å². The van der Waals surface area contributed by atoms with Crippen molar-refractivity contribution in [2.75, 3.05) is 12.4 Å². The third-order valence-corrected chi connectivity index (χ3v) is 6.79. The minimum Gasteiger partial charge on any atom is -0.497 e. The van der Waals surface area contributed by atoms with E-state index in [1.54, 1.807) is 43.5 Å². The molecule has 0 aliphatic heterocycles. The quantitative estimate of drug-likeness (QED) is 0.293. The summed E-state index contributed by atoms with van der Waals surface area (Å²) in [6, 6.07) is 21.3. The molecule has 9 heteroatoms. The number of aromatic nitrogens is 3. The van der Waals surface area contributed by atoms with Gasteiger partial charge in [0.25, 0.3) is 0 Å². The Morgan fingerprint density at radius 1 is 1.08 bits per heavy atom. The van der Waals surface area contributed by atoms with Crippen molar-refractivity contribution in [1.29, 1.82) is 5.26 Å². The molecular weight excluding hydrogens is 534 g/mol. The van der Waals surface area contributed by atoms with Crippen LogP contribution in [-0.4, -0.2) is 27.3 Å². The average molecular weight is 556 g/mol. The lowest BCUT2D eigenvalue weighted by atomic mass is 9.86. The highest BCUT2D eigenvalue weighted by Crippen LogP contribution is 2.29. The third-order valence-electron chi connectivity index (χ3n) is 6.30. The van der Waals surface area contributed by atoms with Gasteiger partial charge in [0, 0.05) is 15.5 Å². The molecule has 5 rings (SSSR count). The van der Waals surface area contributed by atoms with Crippen LogP contribution in [0.2, 0.25) is 0 Å². The molecule has 0 aliphatic carbocycles. The van der Waals surface area contributed by atoms with Crippen LogP contribution < -0.4 is 15.7 Å². The number of carbonyl (C=O) groups is 1. The summed E-state index contributed by atoms with van der Waals surface area (Å²) in [5.41, 5.74) is 2.27. The molecule has 2 heterocycles. The summed E-state index contributed by atoms with van der Waals surface area (Å²) in [6.45, 7) is 3.67. The van der Waals surface area contributed by atoms with Gasteiger partial charge >= 0.3 is 11.7 Å². The summed E-state index contributed by atoms with van der Waals surface area (Å²) in [6.07, 6.45) is 1.53. The molecule has 0 aliphatic rings. The minimum atomic E-state index is -0.683. The monoisotopic (exact) mass is 555 g/mol. The fraction of sp³-hybridized carbons (Fsp3) is 0.143. The zero-order valence-electron chi connectivity index (χ0n) is 20.3. The number of pyridine rings is 1. The second-order valence-electron chi connectivity index (χ2n) is 9.05. The van der Waals surface area contributed by atoms with Gasteiger partial charge in [-0.05, 0) is 74.0 Å². The van der Waals surface area contributed by atoms with Gasteiger partial charge in [-0.1, -0.05) is 28.1 Å². The second kappa shape index (κ2) is 9.22. The van der Waals surface area contributed by atoms with Crippen LogP contribution in [0.4, 0.5) is 10.5 Å². The number of hydrogen-bond acceptors (Lipinski definition) is 5. The van der Waals surface area contributed by atoms with Crippen LogP contribution in [0.5, 0.6) is 5.75 Å². The summed E-state index contributed by atoms with van der Waals surface area (Å²) < 4.78 is 8.57. The number of imidazole rings is 1. The standard InChI is InChI=1S/C28H22BrN5O3/c1-28(2,16-30)17-4-9-20(10-5-17)33-25-22-14-18(29)6-13-23(22)31-15-24(25)34(27(33)36)26(35)32-19-7-11-21(37-3)12-8-19/h4-15H,1-3H3,(H,32,35). The summed E-state index contributed by atoms with van der Waals surface area (Å²) in [5, 5.41) is 13.0. The Hall–Kier alpha value is -4.42. The molecule has 184 valence electrons. The molecule has 0 spiro atoms. The molecule has 0 unspecified atom stereocenters. The van der Waals surface area contributed by atoms with E-state index in [0.717, 1.165) is 14.6 Å². The Morgan fingerprint density at radius 3 is 2.43 bits per heavy atom. The van der Waals surface area contributed by atoms with Crippen molar-refractivity contribution in [2.24, 2.45) is 0 Å². The van der Waals surface area contributed by atoms with Crippen molar-refractivity contribution < 1.29 is 9.53 Å². The first kappa shape index (κ1) is 24.3. The van der Waals surface area contributed by atoms with Gasteiger partial charge in [0.15, 0.2) is 0 Å². The molecule has 3 aromatic carbocycles. The predicted molar refractivity (Wildman–Crippen MR) is 147 cm³/mol. The Balaban J connectivity index is 1.72. The van der Waals surface area contributed by atoms with E-state index in [4.69, 9.17) is 4.74 Å². The Bertz CT molecular complexity index is 1760. The van der Waals surface area contributed by atoms with E-state index < -0.39 is 17.1 Å². The van der Waals surface area contributed by atoms with Crippen molar-refractivity contribution in [1.82, 2.24) is 14.1 Å². The molecule has 0 fully saturated rings. The van der Waals surface area contributed by atoms with Gasteiger partial charge in [0.05, 0.1) is 47.0 Å². The van der Waals surface area contributed by atoms with Gasteiger partial charge in [-0.15, -0.1) is 0 Å². The lowest BCUT2D eigenvalue weighted by Gasteiger charge is -2.16. The predicted octanol–water partition coefficient (Wildman–Crippen LogP) is 5.99. The number of hydrogen-bond donors (Lipinski definition) is 1. The molecule has 1 amide bonds. The largest absolute Gasteiger partial charge is 0.497 e. The maximum Gasteiger partial charge on any atom is 0.342 e. The number of benzene rings is 3. The van der Waals surface area contributed by atoms with Gasteiger partial charge in [0.2, 0.25) is 0 Å². The third kappa shape index (κ3) is 4.26. The number of nitriles is 1. The Morgan fingerprint density at radius 2 is 1.78 bits per heavy atom. The normalized spacial score (nSPS) is 11.4. The Kier molecular flexibility index (Phi) is 6.05. The fourth-order valence-corrected chi connectivity index (χ4v) is 4.58. The van der Waals surface area contributed by atoms with E-state index in [1.165, 1.54) is 10.8 Å². The number of ether oxygens (including phenoxy) is 1. The maximum absolute atomic E-state index is 13.8. The van der Waals surface area contributed by atoms with Crippen LogP contribution in [0.1, 0.15) is 19.4 Å². The first-order chi connectivity index (χ1) is 17.7. The zero-order valence-corrected chi connectivity index (χ0v) is 21.9. The van der Waals surface area contributed by atoms with E-state index in [0.29, 0.717) is 39.1 Å². The average Bonchev–Trinajstić information content (AvgIpc) is 3.21. The van der Waals surface area contributed by atoms with Crippen molar-refractivity contribution in [3.8, 4) is 17.5 Å².